The van der Waals surface area contributed by atoms with Crippen molar-refractivity contribution < 1.29 is 4.79 Å². The number of carbonyl (C=O) groups is 1. The van der Waals surface area contributed by atoms with Crippen molar-refractivity contribution in [3.05, 3.63) is 29.8 Å². The number of piperidine rings is 1. The summed E-state index contributed by atoms with van der Waals surface area (Å²) >= 11 is 0. The average molecular weight is 367 g/mol. The Morgan fingerprint density at radius 2 is 1.93 bits per heavy atom. The van der Waals surface area contributed by atoms with Gasteiger partial charge in [0.25, 0.3) is 0 Å². The van der Waals surface area contributed by atoms with Crippen LogP contribution in [-0.4, -0.2) is 49.1 Å². The minimum atomic E-state index is -0.599. The molecule has 1 aromatic rings. The quantitative estimate of drug-likeness (QED) is 0.870. The normalized spacial score (nSPS) is 22.4. The van der Waals surface area contributed by atoms with Crippen molar-refractivity contribution in [2.45, 2.75) is 50.5 Å². The van der Waals surface area contributed by atoms with Crippen molar-refractivity contribution in [2.75, 3.05) is 37.6 Å². The Kier molecular flexibility index (Phi) is 5.36. The molecule has 0 spiro atoms. The van der Waals surface area contributed by atoms with E-state index in [1.165, 1.54) is 11.3 Å². The Balaban J connectivity index is 1.23. The number of amides is 1. The lowest BCUT2D eigenvalue weighted by Crippen LogP contribution is -2.50. The van der Waals surface area contributed by atoms with Crippen LogP contribution < -0.4 is 10.2 Å². The van der Waals surface area contributed by atoms with Gasteiger partial charge in [-0.25, -0.2) is 0 Å². The molecule has 144 valence electrons. The third-order valence-corrected chi connectivity index (χ3v) is 6.59. The summed E-state index contributed by atoms with van der Waals surface area (Å²) in [6, 6.07) is 11.1. The molecule has 5 nitrogen and oxygen atoms in total. The monoisotopic (exact) mass is 366 g/mol. The van der Waals surface area contributed by atoms with Crippen molar-refractivity contribution in [1.29, 1.82) is 5.26 Å². The van der Waals surface area contributed by atoms with Crippen LogP contribution in [0.2, 0.25) is 0 Å². The van der Waals surface area contributed by atoms with Gasteiger partial charge >= 0.3 is 0 Å². The fraction of sp³-hybridized carbons (Fsp3) is 0.636. The Labute approximate surface area is 162 Å². The summed E-state index contributed by atoms with van der Waals surface area (Å²) in [5, 5.41) is 12.4. The van der Waals surface area contributed by atoms with Crippen LogP contribution >= 0.6 is 0 Å². The molecule has 0 unspecified atom stereocenters. The number of likely N-dealkylation sites (tertiary alicyclic amines) is 1. The van der Waals surface area contributed by atoms with Crippen LogP contribution in [-0.2, 0) is 11.2 Å². The Bertz CT molecular complexity index is 711. The first-order valence-electron chi connectivity index (χ1n) is 10.4. The minimum Gasteiger partial charge on any atom is -0.371 e. The molecule has 27 heavy (non-hydrogen) atoms. The van der Waals surface area contributed by atoms with Gasteiger partial charge in [-0.15, -0.1) is 0 Å². The second kappa shape index (κ2) is 7.90. The maximum Gasteiger partial charge on any atom is 0.235 e. The van der Waals surface area contributed by atoms with Crippen LogP contribution in [0.25, 0.3) is 0 Å². The molecule has 0 aromatic heterocycles. The predicted octanol–water partition coefficient (Wildman–Crippen LogP) is 2.71. The molecular formula is C22H30N4O. The van der Waals surface area contributed by atoms with Crippen molar-refractivity contribution in [3.63, 3.8) is 0 Å². The summed E-state index contributed by atoms with van der Waals surface area (Å²) in [5.74, 6) is 0.723. The lowest BCUT2D eigenvalue weighted by Gasteiger charge is -2.34. The Morgan fingerprint density at radius 1 is 1.19 bits per heavy atom. The summed E-state index contributed by atoms with van der Waals surface area (Å²) in [5.41, 5.74) is 2.29. The van der Waals surface area contributed by atoms with Crippen molar-refractivity contribution in [1.82, 2.24) is 10.2 Å². The van der Waals surface area contributed by atoms with Crippen LogP contribution in [0.5, 0.6) is 0 Å². The van der Waals surface area contributed by atoms with Gasteiger partial charge in [-0.3, -0.25) is 9.69 Å². The molecule has 2 fully saturated rings. The number of nitrogens with one attached hydrogen (secondary N) is 1. The second-order valence-corrected chi connectivity index (χ2v) is 8.49. The number of rotatable bonds is 5. The van der Waals surface area contributed by atoms with Gasteiger partial charge < -0.3 is 10.2 Å². The molecule has 0 bridgehead atoms. The second-order valence-electron chi connectivity index (χ2n) is 8.49. The molecule has 4 rings (SSSR count). The van der Waals surface area contributed by atoms with E-state index in [9.17, 15) is 10.1 Å². The number of hydrogen-bond donors (Lipinski definition) is 1. The van der Waals surface area contributed by atoms with Crippen LogP contribution in [0.15, 0.2) is 24.3 Å². The highest BCUT2D eigenvalue weighted by Crippen LogP contribution is 2.30. The Hall–Kier alpha value is -2.06. The lowest BCUT2D eigenvalue weighted by molar-refractivity contribution is -0.123. The zero-order valence-electron chi connectivity index (χ0n) is 16.1. The van der Waals surface area contributed by atoms with E-state index in [0.29, 0.717) is 12.5 Å². The fourth-order valence-electron chi connectivity index (χ4n) is 4.99. The molecule has 1 aromatic carbocycles. The third-order valence-electron chi connectivity index (χ3n) is 6.59. The van der Waals surface area contributed by atoms with Crippen molar-refractivity contribution in [2.24, 2.45) is 5.92 Å². The van der Waals surface area contributed by atoms with Crippen molar-refractivity contribution >= 4 is 11.6 Å². The maximum atomic E-state index is 12.4. The van der Waals surface area contributed by atoms with Crippen LogP contribution in [0.1, 0.15) is 44.1 Å². The topological polar surface area (TPSA) is 59.4 Å². The van der Waals surface area contributed by atoms with Crippen LogP contribution in [0.4, 0.5) is 5.69 Å². The van der Waals surface area contributed by atoms with Gasteiger partial charge in [-0.2, -0.15) is 5.26 Å². The van der Waals surface area contributed by atoms with E-state index < -0.39 is 5.54 Å². The molecule has 1 saturated heterocycles. The largest absolute Gasteiger partial charge is 0.371 e. The van der Waals surface area contributed by atoms with Gasteiger partial charge in [-0.05, 0) is 75.6 Å². The van der Waals surface area contributed by atoms with E-state index in [2.05, 4.69) is 45.5 Å². The van der Waals surface area contributed by atoms with E-state index in [1.54, 1.807) is 0 Å². The van der Waals surface area contributed by atoms with Gasteiger partial charge in [0.1, 0.15) is 5.54 Å². The molecule has 5 heteroatoms. The standard InChI is InChI=1S/C22H30N4O/c23-17-22(10-3-4-11-22)24-21(27)16-25-12-7-18(8-13-25)15-26-14-9-19-5-1-2-6-20(19)26/h1-2,5-6,18H,3-4,7-16H2,(H,24,27). The maximum absolute atomic E-state index is 12.4. The number of benzene rings is 1. The highest BCUT2D eigenvalue weighted by Gasteiger charge is 2.36. The van der Waals surface area contributed by atoms with Gasteiger partial charge in [0, 0.05) is 18.8 Å². The SMILES string of the molecule is N#CC1(NC(=O)CN2CCC(CN3CCc4ccccc43)CC2)CCCC1. The molecule has 1 aliphatic carbocycles. The summed E-state index contributed by atoms with van der Waals surface area (Å²) in [6.07, 6.45) is 7.14. The molecule has 3 aliphatic rings. The number of fused-ring (bicyclic) bond motifs is 1. The van der Waals surface area contributed by atoms with E-state index in [1.807, 2.05) is 0 Å². The highest BCUT2D eigenvalue weighted by atomic mass is 16.2. The van der Waals surface area contributed by atoms with Gasteiger partial charge in [0.05, 0.1) is 12.6 Å². The minimum absolute atomic E-state index is 0.0189. The number of para-hydroxylation sites is 1. The first-order chi connectivity index (χ1) is 13.2. The predicted molar refractivity (Wildman–Crippen MR) is 106 cm³/mol. The van der Waals surface area contributed by atoms with Gasteiger partial charge in [-0.1, -0.05) is 18.2 Å². The fourth-order valence-corrected chi connectivity index (χ4v) is 4.99. The zero-order chi connectivity index (χ0) is 18.7. The molecular weight excluding hydrogens is 336 g/mol. The lowest BCUT2D eigenvalue weighted by atomic mass is 9.96. The molecule has 2 heterocycles. The van der Waals surface area contributed by atoms with Crippen LogP contribution in [0, 0.1) is 17.2 Å². The van der Waals surface area contributed by atoms with E-state index in [4.69, 9.17) is 0 Å². The smallest absolute Gasteiger partial charge is 0.235 e. The van der Waals surface area contributed by atoms with Gasteiger partial charge in [0.15, 0.2) is 0 Å². The van der Waals surface area contributed by atoms with Gasteiger partial charge in [0.2, 0.25) is 5.91 Å². The summed E-state index contributed by atoms with van der Waals surface area (Å²) in [7, 11) is 0. The molecule has 1 saturated carbocycles. The number of nitrogens with zero attached hydrogens (tertiary/aromatic N) is 3. The van der Waals surface area contributed by atoms with E-state index >= 15 is 0 Å². The first-order valence-corrected chi connectivity index (χ1v) is 10.4. The number of hydrogen-bond acceptors (Lipinski definition) is 4. The average Bonchev–Trinajstić information content (AvgIpc) is 3.31. The highest BCUT2D eigenvalue weighted by molar-refractivity contribution is 5.79. The number of nitriles is 1. The molecule has 1 amide bonds. The Morgan fingerprint density at radius 3 is 2.67 bits per heavy atom. The van der Waals surface area contributed by atoms with Crippen molar-refractivity contribution in [3.8, 4) is 6.07 Å². The summed E-state index contributed by atoms with van der Waals surface area (Å²) < 4.78 is 0. The molecule has 2 aliphatic heterocycles. The van der Waals surface area contributed by atoms with E-state index in [0.717, 1.165) is 71.1 Å². The zero-order valence-corrected chi connectivity index (χ0v) is 16.1. The molecule has 0 radical (unpaired) electrons. The third kappa shape index (κ3) is 4.11. The number of carbonyl (C=O) groups excluding carboxylic acids is 1. The number of anilines is 1. The van der Waals surface area contributed by atoms with Crippen LogP contribution in [0.3, 0.4) is 0 Å². The summed E-state index contributed by atoms with van der Waals surface area (Å²) in [4.78, 5) is 17.2. The molecule has 1 N–H and O–H groups in total. The first kappa shape index (κ1) is 18.3. The molecule has 0 atom stereocenters. The summed E-state index contributed by atoms with van der Waals surface area (Å²) in [6.45, 7) is 4.66. The van der Waals surface area contributed by atoms with E-state index in [-0.39, 0.29) is 5.91 Å².